The molecule has 1 aromatic rings. The Morgan fingerprint density at radius 1 is 1.28 bits per heavy atom. The minimum absolute atomic E-state index is 0.119. The number of nitrogens with two attached hydrogens (primary N) is 1. The maximum atomic E-state index is 14.0. The van der Waals surface area contributed by atoms with E-state index in [1.165, 1.54) is 18.2 Å². The van der Waals surface area contributed by atoms with Gasteiger partial charge in [0.25, 0.3) is 5.91 Å². The van der Waals surface area contributed by atoms with Crippen molar-refractivity contribution in [2.75, 3.05) is 11.4 Å². The van der Waals surface area contributed by atoms with Gasteiger partial charge in [-0.25, -0.2) is 14.0 Å². The van der Waals surface area contributed by atoms with Crippen LogP contribution in [0.2, 0.25) is 0 Å². The highest BCUT2D eigenvalue weighted by molar-refractivity contribution is 6.05. The van der Waals surface area contributed by atoms with Gasteiger partial charge in [-0.1, -0.05) is 13.0 Å². The van der Waals surface area contributed by atoms with Gasteiger partial charge in [0.15, 0.2) is 0 Å². The number of carbonyl (C=O) groups excluding carboxylic acids is 2. The number of benzene rings is 1. The summed E-state index contributed by atoms with van der Waals surface area (Å²) in [6.07, 6.45) is -4.85. The lowest BCUT2D eigenvalue weighted by Crippen LogP contribution is -2.53. The first-order chi connectivity index (χ1) is 14.6. The molecular formula is C20H27F4N3O5. The van der Waals surface area contributed by atoms with E-state index in [1.54, 1.807) is 27.7 Å². The smallest absolute Gasteiger partial charge is 0.408 e. The Kier molecular flexibility index (Phi) is 9.01. The van der Waals surface area contributed by atoms with E-state index in [9.17, 15) is 37.1 Å². The number of hydrogen-bond acceptors (Lipinski definition) is 5. The van der Waals surface area contributed by atoms with Crippen molar-refractivity contribution in [2.24, 2.45) is 5.73 Å². The third-order valence-electron chi connectivity index (χ3n) is 4.21. The standard InChI is InChI=1S/C18H23FN2O5.C2H4F3N/c1-5-12(20-17(25)26-18(2,3)4)15(22)21-13-8-6-7-11(19)10(13)9-14(21)16(23)24;3-2(4,5)1-6/h6-8,12,14H,5,9H2,1-4H3,(H,20,25)(H,23,24);1,6H2/t12-,14-;/m0./s1. The molecule has 0 aliphatic carbocycles. The minimum atomic E-state index is -4.18. The highest BCUT2D eigenvalue weighted by Crippen LogP contribution is 2.34. The molecule has 1 aliphatic rings. The number of carboxylic acids is 1. The topological polar surface area (TPSA) is 122 Å². The zero-order valence-electron chi connectivity index (χ0n) is 18.1. The predicted molar refractivity (Wildman–Crippen MR) is 108 cm³/mol. The molecule has 1 aromatic carbocycles. The second kappa shape index (κ2) is 10.6. The Morgan fingerprint density at radius 3 is 2.28 bits per heavy atom. The van der Waals surface area contributed by atoms with Crippen LogP contribution in [0, 0.1) is 5.82 Å². The maximum absolute atomic E-state index is 14.0. The lowest BCUT2D eigenvalue weighted by atomic mass is 10.1. The molecule has 2 amide bonds. The summed E-state index contributed by atoms with van der Waals surface area (Å²) < 4.78 is 51.2. The largest absolute Gasteiger partial charge is 0.480 e. The van der Waals surface area contributed by atoms with Gasteiger partial charge < -0.3 is 20.9 Å². The molecular weight excluding hydrogens is 438 g/mol. The van der Waals surface area contributed by atoms with E-state index in [-0.39, 0.29) is 24.1 Å². The first-order valence-corrected chi connectivity index (χ1v) is 9.70. The van der Waals surface area contributed by atoms with E-state index in [0.29, 0.717) is 0 Å². The number of anilines is 1. The molecule has 12 heteroatoms. The lowest BCUT2D eigenvalue weighted by Gasteiger charge is -2.28. The average Bonchev–Trinajstić information content (AvgIpc) is 3.05. The monoisotopic (exact) mass is 465 g/mol. The molecule has 0 unspecified atom stereocenters. The molecule has 4 N–H and O–H groups in total. The van der Waals surface area contributed by atoms with Gasteiger partial charge in [0, 0.05) is 12.0 Å². The summed E-state index contributed by atoms with van der Waals surface area (Å²) in [5.41, 5.74) is 3.84. The zero-order chi connectivity index (χ0) is 24.9. The van der Waals surface area contributed by atoms with Gasteiger partial charge >= 0.3 is 18.2 Å². The van der Waals surface area contributed by atoms with Crippen LogP contribution in [0.3, 0.4) is 0 Å². The molecule has 0 saturated heterocycles. The number of nitrogens with zero attached hydrogens (tertiary/aromatic N) is 1. The Hall–Kier alpha value is -2.89. The SMILES string of the molecule is CC[C@H](NC(=O)OC(C)(C)C)C(=O)N1c2cccc(F)c2C[C@H]1C(=O)O.NCC(F)(F)F. The van der Waals surface area contributed by atoms with E-state index >= 15 is 0 Å². The van der Waals surface area contributed by atoms with Gasteiger partial charge in [-0.15, -0.1) is 0 Å². The van der Waals surface area contributed by atoms with Crippen molar-refractivity contribution in [2.45, 2.75) is 64.4 Å². The van der Waals surface area contributed by atoms with E-state index in [0.717, 1.165) is 4.90 Å². The van der Waals surface area contributed by atoms with E-state index < -0.39 is 54.2 Å². The molecule has 8 nitrogen and oxygen atoms in total. The van der Waals surface area contributed by atoms with Crippen molar-refractivity contribution in [1.82, 2.24) is 5.32 Å². The van der Waals surface area contributed by atoms with Crippen LogP contribution in [-0.2, 0) is 20.7 Å². The van der Waals surface area contributed by atoms with Crippen LogP contribution in [0.1, 0.15) is 39.7 Å². The van der Waals surface area contributed by atoms with Gasteiger partial charge in [-0.05, 0) is 39.3 Å². The molecule has 0 spiro atoms. The summed E-state index contributed by atoms with van der Waals surface area (Å²) in [6.45, 7) is 5.52. The van der Waals surface area contributed by atoms with Crippen molar-refractivity contribution >= 4 is 23.7 Å². The summed E-state index contributed by atoms with van der Waals surface area (Å²) in [7, 11) is 0. The zero-order valence-corrected chi connectivity index (χ0v) is 18.1. The summed E-state index contributed by atoms with van der Waals surface area (Å²) in [6, 6.07) is 1.94. The van der Waals surface area contributed by atoms with Crippen molar-refractivity contribution in [1.29, 1.82) is 0 Å². The molecule has 180 valence electrons. The van der Waals surface area contributed by atoms with Gasteiger partial charge in [0.2, 0.25) is 0 Å². The molecule has 0 aromatic heterocycles. The Balaban J connectivity index is 0.000000751. The molecule has 0 bridgehead atoms. The number of hydrogen-bond donors (Lipinski definition) is 3. The summed E-state index contributed by atoms with van der Waals surface area (Å²) in [4.78, 5) is 37.6. The lowest BCUT2D eigenvalue weighted by molar-refractivity contribution is -0.140. The Morgan fingerprint density at radius 2 is 1.84 bits per heavy atom. The number of alkyl carbamates (subject to hydrolysis) is 1. The number of halogens is 4. The fourth-order valence-electron chi connectivity index (χ4n) is 2.85. The van der Waals surface area contributed by atoms with Crippen LogP contribution in [0.25, 0.3) is 0 Å². The van der Waals surface area contributed by atoms with Gasteiger partial charge in [0.05, 0.1) is 12.2 Å². The van der Waals surface area contributed by atoms with E-state index in [2.05, 4.69) is 11.1 Å². The van der Waals surface area contributed by atoms with Crippen LogP contribution >= 0.6 is 0 Å². The van der Waals surface area contributed by atoms with Crippen LogP contribution in [0.5, 0.6) is 0 Å². The number of fused-ring (bicyclic) bond motifs is 1. The summed E-state index contributed by atoms with van der Waals surface area (Å²) in [5, 5.41) is 11.9. The minimum Gasteiger partial charge on any atom is -0.480 e. The second-order valence-electron chi connectivity index (χ2n) is 7.93. The molecule has 0 saturated carbocycles. The molecule has 1 aliphatic heterocycles. The fraction of sp³-hybridized carbons (Fsp3) is 0.550. The third kappa shape index (κ3) is 7.66. The first kappa shape index (κ1) is 27.1. The third-order valence-corrected chi connectivity index (χ3v) is 4.21. The number of carbonyl (C=O) groups is 3. The predicted octanol–water partition coefficient (Wildman–Crippen LogP) is 2.98. The molecule has 0 radical (unpaired) electrons. The number of ether oxygens (including phenoxy) is 1. The molecule has 2 rings (SSSR count). The van der Waals surface area contributed by atoms with Crippen molar-refractivity contribution in [3.8, 4) is 0 Å². The van der Waals surface area contributed by atoms with Gasteiger partial charge in [0.1, 0.15) is 23.5 Å². The van der Waals surface area contributed by atoms with Crippen molar-refractivity contribution in [3.63, 3.8) is 0 Å². The molecule has 1 heterocycles. The number of alkyl halides is 3. The maximum Gasteiger partial charge on any atom is 0.408 e. The van der Waals surface area contributed by atoms with Crippen LogP contribution < -0.4 is 16.0 Å². The fourth-order valence-corrected chi connectivity index (χ4v) is 2.85. The number of aliphatic carboxylic acids is 1. The van der Waals surface area contributed by atoms with Gasteiger partial charge in [-0.3, -0.25) is 9.69 Å². The summed E-state index contributed by atoms with van der Waals surface area (Å²) in [5.74, 6) is -2.41. The summed E-state index contributed by atoms with van der Waals surface area (Å²) >= 11 is 0. The van der Waals surface area contributed by atoms with E-state index in [1.807, 2.05) is 0 Å². The number of carboxylic acid groups (broad SMARTS) is 1. The number of amides is 2. The highest BCUT2D eigenvalue weighted by Gasteiger charge is 2.42. The van der Waals surface area contributed by atoms with Gasteiger partial charge in [-0.2, -0.15) is 13.2 Å². The van der Waals surface area contributed by atoms with E-state index in [4.69, 9.17) is 4.74 Å². The molecule has 0 fully saturated rings. The van der Waals surface area contributed by atoms with Crippen LogP contribution in [0.4, 0.5) is 28.0 Å². The quantitative estimate of drug-likeness (QED) is 0.588. The Bertz CT molecular complexity index is 840. The molecule has 2 atom stereocenters. The van der Waals surface area contributed by atoms with Crippen molar-refractivity contribution in [3.05, 3.63) is 29.6 Å². The Labute approximate surface area is 182 Å². The first-order valence-electron chi connectivity index (χ1n) is 9.70. The highest BCUT2D eigenvalue weighted by atomic mass is 19.4. The van der Waals surface area contributed by atoms with Crippen LogP contribution in [0.15, 0.2) is 18.2 Å². The average molecular weight is 465 g/mol. The van der Waals surface area contributed by atoms with Crippen molar-refractivity contribution < 1.29 is 41.8 Å². The number of nitrogens with one attached hydrogen (secondary N) is 1. The number of rotatable bonds is 4. The van der Waals surface area contributed by atoms with Crippen LogP contribution in [-0.4, -0.2) is 53.5 Å². The molecule has 32 heavy (non-hydrogen) atoms. The second-order valence-corrected chi connectivity index (χ2v) is 7.93. The normalized spacial score (nSPS) is 16.4.